The highest BCUT2D eigenvalue weighted by Gasteiger charge is 2.49. The molecule has 0 aromatic carbocycles. The Labute approximate surface area is 169 Å². The maximum Gasteiger partial charge on any atom is 0.230 e. The van der Waals surface area contributed by atoms with E-state index in [2.05, 4.69) is 37.7 Å². The first-order valence-electron chi connectivity index (χ1n) is 9.79. The number of ether oxygens (including phenoxy) is 2. The van der Waals surface area contributed by atoms with Gasteiger partial charge < -0.3 is 20.1 Å². The van der Waals surface area contributed by atoms with Crippen LogP contribution in [0.5, 0.6) is 0 Å². The highest BCUT2D eigenvalue weighted by molar-refractivity contribution is 8.02. The summed E-state index contributed by atoms with van der Waals surface area (Å²) in [6.07, 6.45) is 3.96. The van der Waals surface area contributed by atoms with Crippen LogP contribution in [0.3, 0.4) is 0 Å². The highest BCUT2D eigenvalue weighted by atomic mass is 32.2. The van der Waals surface area contributed by atoms with Crippen molar-refractivity contribution < 1.29 is 19.1 Å². The molecule has 6 nitrogen and oxygen atoms in total. The summed E-state index contributed by atoms with van der Waals surface area (Å²) in [5.74, 6) is 2.95. The summed E-state index contributed by atoms with van der Waals surface area (Å²) in [4.78, 5) is 24.2. The van der Waals surface area contributed by atoms with Gasteiger partial charge in [0.05, 0.1) is 37.3 Å². The fourth-order valence-corrected chi connectivity index (χ4v) is 5.79. The third kappa shape index (κ3) is 5.78. The Morgan fingerprint density at radius 1 is 1.07 bits per heavy atom. The van der Waals surface area contributed by atoms with Crippen molar-refractivity contribution in [2.45, 2.75) is 62.7 Å². The number of hydrogen-bond donors (Lipinski definition) is 2. The summed E-state index contributed by atoms with van der Waals surface area (Å²) in [5, 5.41) is 6.10. The van der Waals surface area contributed by atoms with E-state index in [1.807, 2.05) is 0 Å². The van der Waals surface area contributed by atoms with Crippen LogP contribution < -0.4 is 10.6 Å². The standard InChI is InChI=1S/C19H32N2O4S2/c1-19(2,3)27(4)8-7-26-11-15(22)20-13-9-24-17-14(10-25-16(13)17)21-18(23)12-5-6-12/h12-14,16-17H,5-11H2,1-4H3,(H-,20,21,22,23)/p+1. The van der Waals surface area contributed by atoms with E-state index in [0.29, 0.717) is 34.6 Å². The lowest BCUT2D eigenvalue weighted by molar-refractivity contribution is -0.123. The zero-order valence-electron chi connectivity index (χ0n) is 16.8. The Morgan fingerprint density at radius 3 is 2.22 bits per heavy atom. The summed E-state index contributed by atoms with van der Waals surface area (Å²) in [7, 11) is 0.355. The molecule has 2 heterocycles. The summed E-state index contributed by atoms with van der Waals surface area (Å²) in [5.41, 5.74) is 0. The minimum absolute atomic E-state index is 0.0371. The van der Waals surface area contributed by atoms with Crippen LogP contribution in [0.15, 0.2) is 0 Å². The van der Waals surface area contributed by atoms with Crippen molar-refractivity contribution >= 4 is 34.5 Å². The molecule has 154 valence electrons. The third-order valence-electron chi connectivity index (χ3n) is 5.49. The summed E-state index contributed by atoms with van der Waals surface area (Å²) >= 11 is 1.69. The number of amides is 2. The van der Waals surface area contributed by atoms with Crippen LogP contribution in [0.1, 0.15) is 33.6 Å². The monoisotopic (exact) mass is 417 g/mol. The van der Waals surface area contributed by atoms with Gasteiger partial charge in [-0.3, -0.25) is 9.59 Å². The Morgan fingerprint density at radius 2 is 1.67 bits per heavy atom. The topological polar surface area (TPSA) is 76.7 Å². The zero-order chi connectivity index (χ0) is 19.6. The number of fused-ring (bicyclic) bond motifs is 1. The van der Waals surface area contributed by atoms with E-state index >= 15 is 0 Å². The number of carbonyl (C=O) groups excluding carboxylic acids is 2. The first-order chi connectivity index (χ1) is 12.8. The molecule has 0 radical (unpaired) electrons. The van der Waals surface area contributed by atoms with Gasteiger partial charge in [0, 0.05) is 11.7 Å². The van der Waals surface area contributed by atoms with Crippen LogP contribution >= 0.6 is 11.8 Å². The maximum absolute atomic E-state index is 12.3. The number of rotatable bonds is 8. The molecule has 1 saturated carbocycles. The van der Waals surface area contributed by atoms with Crippen LogP contribution in [0, 0.1) is 5.92 Å². The zero-order valence-corrected chi connectivity index (χ0v) is 18.4. The molecule has 2 saturated heterocycles. The average molecular weight is 418 g/mol. The van der Waals surface area contributed by atoms with Crippen molar-refractivity contribution in [2.24, 2.45) is 5.92 Å². The lowest BCUT2D eigenvalue weighted by atomic mass is 10.1. The van der Waals surface area contributed by atoms with Crippen LogP contribution in [-0.2, 0) is 30.0 Å². The fraction of sp³-hybridized carbons (Fsp3) is 0.895. The molecule has 2 amide bonds. The van der Waals surface area contributed by atoms with Crippen LogP contribution in [0.25, 0.3) is 0 Å². The minimum Gasteiger partial charge on any atom is -0.371 e. The molecule has 2 aliphatic heterocycles. The largest absolute Gasteiger partial charge is 0.371 e. The molecule has 27 heavy (non-hydrogen) atoms. The van der Waals surface area contributed by atoms with E-state index in [9.17, 15) is 9.59 Å². The molecule has 0 spiro atoms. The first-order valence-corrected chi connectivity index (χ1v) is 12.7. The van der Waals surface area contributed by atoms with Gasteiger partial charge in [-0.15, -0.1) is 11.8 Å². The van der Waals surface area contributed by atoms with Gasteiger partial charge in [-0.2, -0.15) is 0 Å². The molecular weight excluding hydrogens is 384 g/mol. The van der Waals surface area contributed by atoms with Crippen LogP contribution in [0.4, 0.5) is 0 Å². The Kier molecular flexibility index (Phi) is 7.03. The molecule has 0 bridgehead atoms. The normalized spacial score (nSPS) is 31.4. The molecule has 0 aromatic rings. The summed E-state index contributed by atoms with van der Waals surface area (Å²) in [6.45, 7) is 7.72. The van der Waals surface area contributed by atoms with E-state index in [-0.39, 0.29) is 42.0 Å². The fourth-order valence-electron chi connectivity index (χ4n) is 3.30. The molecular formula is C19H33N2O4S2+. The van der Waals surface area contributed by atoms with Crippen molar-refractivity contribution in [1.29, 1.82) is 0 Å². The molecule has 5 unspecified atom stereocenters. The van der Waals surface area contributed by atoms with Gasteiger partial charge in [-0.25, -0.2) is 0 Å². The van der Waals surface area contributed by atoms with Gasteiger partial charge in [0.15, 0.2) is 0 Å². The predicted octanol–water partition coefficient (Wildman–Crippen LogP) is 0.943. The van der Waals surface area contributed by atoms with E-state index < -0.39 is 0 Å². The van der Waals surface area contributed by atoms with Crippen molar-refractivity contribution in [2.75, 3.05) is 36.7 Å². The number of carbonyl (C=O) groups is 2. The van der Waals surface area contributed by atoms with Crippen LogP contribution in [0.2, 0.25) is 0 Å². The van der Waals surface area contributed by atoms with Gasteiger partial charge in [-0.1, -0.05) is 0 Å². The van der Waals surface area contributed by atoms with E-state index in [0.717, 1.165) is 24.3 Å². The number of thioether (sulfide) groups is 1. The maximum atomic E-state index is 12.3. The average Bonchev–Trinajstić information content (AvgIpc) is 3.27. The van der Waals surface area contributed by atoms with Gasteiger partial charge in [0.1, 0.15) is 22.7 Å². The Balaban J connectivity index is 1.35. The second-order valence-electron chi connectivity index (χ2n) is 8.67. The lowest BCUT2D eigenvalue weighted by Gasteiger charge is -2.19. The van der Waals surface area contributed by atoms with E-state index in [1.54, 1.807) is 11.8 Å². The molecule has 2 N–H and O–H groups in total. The second-order valence-corrected chi connectivity index (χ2v) is 12.7. The summed E-state index contributed by atoms with van der Waals surface area (Å²) in [6, 6.07) is -0.222. The minimum atomic E-state index is -0.161. The molecule has 3 fully saturated rings. The number of hydrogen-bond acceptors (Lipinski definition) is 5. The molecule has 5 atom stereocenters. The molecule has 8 heteroatoms. The summed E-state index contributed by atoms with van der Waals surface area (Å²) < 4.78 is 12.0. The van der Waals surface area contributed by atoms with E-state index in [4.69, 9.17) is 9.47 Å². The molecule has 3 rings (SSSR count). The molecule has 1 aliphatic carbocycles. The Bertz CT molecular complexity index is 550. The Hall–Kier alpha value is -0.440. The molecule has 3 aliphatic rings. The van der Waals surface area contributed by atoms with Crippen LogP contribution in [-0.4, -0.2) is 77.6 Å². The van der Waals surface area contributed by atoms with Gasteiger partial charge >= 0.3 is 0 Å². The highest BCUT2D eigenvalue weighted by Crippen LogP contribution is 2.31. The van der Waals surface area contributed by atoms with Crippen molar-refractivity contribution in [3.63, 3.8) is 0 Å². The third-order valence-corrected chi connectivity index (χ3v) is 9.61. The quantitative estimate of drug-likeness (QED) is 0.454. The first kappa shape index (κ1) is 21.3. The predicted molar refractivity (Wildman–Crippen MR) is 111 cm³/mol. The smallest absolute Gasteiger partial charge is 0.230 e. The van der Waals surface area contributed by atoms with Gasteiger partial charge in [0.2, 0.25) is 11.8 Å². The van der Waals surface area contributed by atoms with Gasteiger partial charge in [-0.05, 0) is 44.5 Å². The SMILES string of the molecule is C[S+](CCSCC(=O)NC1COC2C(NC(=O)C3CC3)COC12)C(C)(C)C. The van der Waals surface area contributed by atoms with Gasteiger partial charge in [0.25, 0.3) is 0 Å². The second kappa shape index (κ2) is 8.93. The number of nitrogens with one attached hydrogen (secondary N) is 2. The van der Waals surface area contributed by atoms with Crippen molar-refractivity contribution in [3.8, 4) is 0 Å². The van der Waals surface area contributed by atoms with E-state index in [1.165, 1.54) is 0 Å². The van der Waals surface area contributed by atoms with Crippen molar-refractivity contribution in [3.05, 3.63) is 0 Å². The molecule has 0 aromatic heterocycles. The van der Waals surface area contributed by atoms with Crippen molar-refractivity contribution in [1.82, 2.24) is 10.6 Å². The lowest BCUT2D eigenvalue weighted by Crippen LogP contribution is -2.47.